The smallest absolute Gasteiger partial charge is 0.220 e. The Morgan fingerprint density at radius 2 is 1.92 bits per heavy atom. The zero-order chi connectivity index (χ0) is 17.6. The first kappa shape index (κ1) is 17.0. The number of allylic oxidation sites excluding steroid dienone is 1. The zero-order valence-electron chi connectivity index (χ0n) is 14.5. The van der Waals surface area contributed by atoms with E-state index in [0.717, 1.165) is 23.3 Å². The topological polar surface area (TPSA) is 46.9 Å². The van der Waals surface area contributed by atoms with Crippen LogP contribution < -0.4 is 5.32 Å². The Morgan fingerprint density at radius 3 is 2.68 bits per heavy atom. The van der Waals surface area contributed by atoms with E-state index in [-0.39, 0.29) is 11.9 Å². The molecule has 4 nitrogen and oxygen atoms in total. The van der Waals surface area contributed by atoms with Crippen molar-refractivity contribution in [3.05, 3.63) is 78.6 Å². The van der Waals surface area contributed by atoms with Gasteiger partial charge in [-0.1, -0.05) is 48.5 Å². The summed E-state index contributed by atoms with van der Waals surface area (Å²) in [7, 11) is 0. The van der Waals surface area contributed by atoms with Gasteiger partial charge >= 0.3 is 0 Å². The average Bonchev–Trinajstić information content (AvgIpc) is 3.00. The molecular formula is C21H23N3O. The quantitative estimate of drug-likeness (QED) is 0.664. The third kappa shape index (κ3) is 3.97. The molecule has 0 fully saturated rings. The number of carbonyl (C=O) groups is 1. The van der Waals surface area contributed by atoms with Gasteiger partial charge in [0.1, 0.15) is 5.82 Å². The number of para-hydroxylation sites is 2. The molecule has 0 spiro atoms. The van der Waals surface area contributed by atoms with Gasteiger partial charge < -0.3 is 9.88 Å². The van der Waals surface area contributed by atoms with Gasteiger partial charge in [-0.25, -0.2) is 4.98 Å². The summed E-state index contributed by atoms with van der Waals surface area (Å²) in [6, 6.07) is 17.9. The van der Waals surface area contributed by atoms with Crippen LogP contribution in [-0.2, 0) is 17.8 Å². The number of hydrogen-bond donors (Lipinski definition) is 1. The van der Waals surface area contributed by atoms with E-state index in [4.69, 9.17) is 4.98 Å². The summed E-state index contributed by atoms with van der Waals surface area (Å²) in [6.45, 7) is 6.47. The SMILES string of the molecule is C=CCn1c(C(C)NC(=O)CCc2ccccc2)nc2ccccc21. The fourth-order valence-corrected chi connectivity index (χ4v) is 3.03. The fourth-order valence-electron chi connectivity index (χ4n) is 3.03. The molecule has 0 saturated heterocycles. The molecule has 1 atom stereocenters. The lowest BCUT2D eigenvalue weighted by Crippen LogP contribution is -2.28. The van der Waals surface area contributed by atoms with Crippen molar-refractivity contribution in [1.29, 1.82) is 0 Å². The second-order valence-corrected chi connectivity index (χ2v) is 6.13. The fraction of sp³-hybridized carbons (Fsp3) is 0.238. The number of amides is 1. The van der Waals surface area contributed by atoms with Crippen LogP contribution in [0.1, 0.15) is 30.8 Å². The van der Waals surface area contributed by atoms with E-state index in [1.165, 1.54) is 5.56 Å². The van der Waals surface area contributed by atoms with E-state index < -0.39 is 0 Å². The predicted octanol–water partition coefficient (Wildman–Crippen LogP) is 4.03. The van der Waals surface area contributed by atoms with E-state index in [1.54, 1.807) is 0 Å². The molecular weight excluding hydrogens is 310 g/mol. The molecule has 128 valence electrons. The number of benzene rings is 2. The standard InChI is InChI=1S/C21H23N3O/c1-3-15-24-19-12-8-7-11-18(19)23-21(24)16(2)22-20(25)14-13-17-9-5-4-6-10-17/h3-12,16H,1,13-15H2,2H3,(H,22,25). The van der Waals surface area contributed by atoms with Crippen LogP contribution in [0.2, 0.25) is 0 Å². The Morgan fingerprint density at radius 1 is 1.20 bits per heavy atom. The van der Waals surface area contributed by atoms with Crippen LogP contribution in [0.5, 0.6) is 0 Å². The van der Waals surface area contributed by atoms with Crippen molar-refractivity contribution in [3.8, 4) is 0 Å². The second kappa shape index (κ2) is 7.79. The van der Waals surface area contributed by atoms with Gasteiger partial charge in [-0.3, -0.25) is 4.79 Å². The van der Waals surface area contributed by atoms with Crippen LogP contribution in [-0.4, -0.2) is 15.5 Å². The number of fused-ring (bicyclic) bond motifs is 1. The highest BCUT2D eigenvalue weighted by atomic mass is 16.1. The largest absolute Gasteiger partial charge is 0.346 e. The van der Waals surface area contributed by atoms with Gasteiger partial charge in [0.05, 0.1) is 17.1 Å². The molecule has 0 aliphatic carbocycles. The first-order chi connectivity index (χ1) is 12.2. The molecule has 1 aromatic heterocycles. The summed E-state index contributed by atoms with van der Waals surface area (Å²) < 4.78 is 2.10. The Balaban J connectivity index is 1.71. The van der Waals surface area contributed by atoms with E-state index in [9.17, 15) is 4.79 Å². The highest BCUT2D eigenvalue weighted by Crippen LogP contribution is 2.21. The first-order valence-electron chi connectivity index (χ1n) is 8.58. The van der Waals surface area contributed by atoms with Crippen molar-refractivity contribution in [2.75, 3.05) is 0 Å². The molecule has 1 unspecified atom stereocenters. The molecule has 25 heavy (non-hydrogen) atoms. The molecule has 1 amide bonds. The van der Waals surface area contributed by atoms with Gasteiger partial charge in [-0.15, -0.1) is 6.58 Å². The summed E-state index contributed by atoms with van der Waals surface area (Å²) in [5.74, 6) is 0.891. The minimum atomic E-state index is -0.157. The van der Waals surface area contributed by atoms with Gasteiger partial charge in [-0.05, 0) is 31.0 Å². The molecule has 1 heterocycles. The Bertz CT molecular complexity index is 867. The molecule has 2 aromatic carbocycles. The van der Waals surface area contributed by atoms with Crippen molar-refractivity contribution < 1.29 is 4.79 Å². The highest BCUT2D eigenvalue weighted by Gasteiger charge is 2.17. The van der Waals surface area contributed by atoms with Crippen molar-refractivity contribution >= 4 is 16.9 Å². The lowest BCUT2D eigenvalue weighted by Gasteiger charge is -2.15. The molecule has 0 saturated carbocycles. The number of rotatable bonds is 7. The zero-order valence-corrected chi connectivity index (χ0v) is 14.5. The van der Waals surface area contributed by atoms with E-state index in [2.05, 4.69) is 16.5 Å². The van der Waals surface area contributed by atoms with Crippen LogP contribution >= 0.6 is 0 Å². The number of aryl methyl sites for hydroxylation is 1. The van der Waals surface area contributed by atoms with Gasteiger partial charge in [0.25, 0.3) is 0 Å². The van der Waals surface area contributed by atoms with Gasteiger partial charge in [0, 0.05) is 13.0 Å². The number of hydrogen-bond acceptors (Lipinski definition) is 2. The van der Waals surface area contributed by atoms with Crippen molar-refractivity contribution in [2.24, 2.45) is 0 Å². The second-order valence-electron chi connectivity index (χ2n) is 6.13. The van der Waals surface area contributed by atoms with Gasteiger partial charge in [-0.2, -0.15) is 0 Å². The van der Waals surface area contributed by atoms with E-state index >= 15 is 0 Å². The Labute approximate surface area is 148 Å². The monoisotopic (exact) mass is 333 g/mol. The van der Waals surface area contributed by atoms with Crippen molar-refractivity contribution in [2.45, 2.75) is 32.4 Å². The third-order valence-electron chi connectivity index (χ3n) is 4.24. The van der Waals surface area contributed by atoms with Gasteiger partial charge in [0.2, 0.25) is 5.91 Å². The Hall–Kier alpha value is -2.88. The number of aromatic nitrogens is 2. The maximum atomic E-state index is 12.3. The molecule has 0 radical (unpaired) electrons. The van der Waals surface area contributed by atoms with Crippen LogP contribution in [0.15, 0.2) is 67.3 Å². The first-order valence-corrected chi connectivity index (χ1v) is 8.58. The number of carbonyl (C=O) groups excluding carboxylic acids is 1. The maximum Gasteiger partial charge on any atom is 0.220 e. The van der Waals surface area contributed by atoms with Crippen LogP contribution in [0, 0.1) is 0 Å². The lowest BCUT2D eigenvalue weighted by molar-refractivity contribution is -0.121. The molecule has 4 heteroatoms. The molecule has 0 aliphatic heterocycles. The third-order valence-corrected chi connectivity index (χ3v) is 4.24. The minimum Gasteiger partial charge on any atom is -0.346 e. The predicted molar refractivity (Wildman–Crippen MR) is 101 cm³/mol. The van der Waals surface area contributed by atoms with Crippen LogP contribution in [0.25, 0.3) is 11.0 Å². The highest BCUT2D eigenvalue weighted by molar-refractivity contribution is 5.78. The normalized spacial score (nSPS) is 12.0. The summed E-state index contributed by atoms with van der Waals surface area (Å²) in [5, 5.41) is 3.07. The molecule has 1 N–H and O–H groups in total. The van der Waals surface area contributed by atoms with Crippen molar-refractivity contribution in [1.82, 2.24) is 14.9 Å². The maximum absolute atomic E-state index is 12.3. The summed E-state index contributed by atoms with van der Waals surface area (Å²) in [6.07, 6.45) is 3.06. The molecule has 0 bridgehead atoms. The average molecular weight is 333 g/mol. The molecule has 0 aliphatic rings. The summed E-state index contributed by atoms with van der Waals surface area (Å²) >= 11 is 0. The van der Waals surface area contributed by atoms with Crippen molar-refractivity contribution in [3.63, 3.8) is 0 Å². The number of imidazole rings is 1. The summed E-state index contributed by atoms with van der Waals surface area (Å²) in [4.78, 5) is 17.0. The number of nitrogens with one attached hydrogen (secondary N) is 1. The van der Waals surface area contributed by atoms with E-state index in [1.807, 2.05) is 67.6 Å². The summed E-state index contributed by atoms with van der Waals surface area (Å²) in [5.41, 5.74) is 3.16. The lowest BCUT2D eigenvalue weighted by atomic mass is 10.1. The van der Waals surface area contributed by atoms with E-state index in [0.29, 0.717) is 13.0 Å². The van der Waals surface area contributed by atoms with Gasteiger partial charge in [0.15, 0.2) is 0 Å². The molecule has 3 rings (SSSR count). The Kier molecular flexibility index (Phi) is 5.29. The number of nitrogens with zero attached hydrogens (tertiary/aromatic N) is 2. The van der Waals surface area contributed by atoms with Crippen LogP contribution in [0.4, 0.5) is 0 Å². The van der Waals surface area contributed by atoms with Crippen LogP contribution in [0.3, 0.4) is 0 Å². The minimum absolute atomic E-state index is 0.0357. The molecule has 3 aromatic rings.